The zero-order chi connectivity index (χ0) is 24.1. The number of ether oxygens (including phenoxy) is 1. The van der Waals surface area contributed by atoms with Crippen LogP contribution in [0.5, 0.6) is 5.75 Å². The van der Waals surface area contributed by atoms with Gasteiger partial charge < -0.3 is 14.6 Å². The number of benzene rings is 2. The van der Waals surface area contributed by atoms with Crippen LogP contribution in [0.3, 0.4) is 0 Å². The highest BCUT2D eigenvalue weighted by atomic mass is 32.2. The van der Waals surface area contributed by atoms with E-state index in [0.717, 1.165) is 41.9 Å². The number of aryl methyl sites for hydroxylation is 2. The SMILES string of the molecule is COc1ccccc1CCNC(=O)CCc1nc2cc(S(=O)(=O)N3CCCCC3)ccc2n1C. The third-order valence-corrected chi connectivity index (χ3v) is 8.28. The lowest BCUT2D eigenvalue weighted by Gasteiger charge is -2.25. The van der Waals surface area contributed by atoms with Crippen LogP contribution in [0.1, 0.15) is 37.1 Å². The van der Waals surface area contributed by atoms with Crippen LogP contribution in [0.2, 0.25) is 0 Å². The number of methoxy groups -OCH3 is 1. The maximum atomic E-state index is 13.0. The van der Waals surface area contributed by atoms with Gasteiger partial charge in [-0.3, -0.25) is 4.79 Å². The number of sulfonamides is 1. The molecule has 1 fully saturated rings. The van der Waals surface area contributed by atoms with Gasteiger partial charge in [-0.15, -0.1) is 0 Å². The topological polar surface area (TPSA) is 93.5 Å². The van der Waals surface area contributed by atoms with E-state index in [0.29, 0.717) is 44.4 Å². The summed E-state index contributed by atoms with van der Waals surface area (Å²) in [4.78, 5) is 17.3. The molecule has 0 radical (unpaired) electrons. The summed E-state index contributed by atoms with van der Waals surface area (Å²) in [5.74, 6) is 1.52. The van der Waals surface area contributed by atoms with Crippen LogP contribution >= 0.6 is 0 Å². The Hall–Kier alpha value is -2.91. The first-order valence-electron chi connectivity index (χ1n) is 11.7. The first kappa shape index (κ1) is 24.2. The third kappa shape index (κ3) is 5.26. The average molecular weight is 485 g/mol. The molecule has 1 aliphatic heterocycles. The van der Waals surface area contributed by atoms with Crippen molar-refractivity contribution in [1.29, 1.82) is 0 Å². The molecule has 1 amide bonds. The molecule has 1 aromatic heterocycles. The van der Waals surface area contributed by atoms with E-state index in [9.17, 15) is 13.2 Å². The number of carbonyl (C=O) groups excluding carboxylic acids is 1. The van der Waals surface area contributed by atoms with E-state index in [1.807, 2.05) is 35.9 Å². The fourth-order valence-corrected chi connectivity index (χ4v) is 5.97. The molecular formula is C25H32N4O4S. The highest BCUT2D eigenvalue weighted by Gasteiger charge is 2.26. The summed E-state index contributed by atoms with van der Waals surface area (Å²) < 4.78 is 34.9. The van der Waals surface area contributed by atoms with E-state index in [4.69, 9.17) is 4.74 Å². The van der Waals surface area contributed by atoms with Crippen LogP contribution in [0.15, 0.2) is 47.4 Å². The van der Waals surface area contributed by atoms with Gasteiger partial charge in [0.15, 0.2) is 0 Å². The van der Waals surface area contributed by atoms with Gasteiger partial charge in [0.05, 0.1) is 23.0 Å². The molecule has 0 saturated carbocycles. The minimum absolute atomic E-state index is 0.0460. The third-order valence-electron chi connectivity index (χ3n) is 6.38. The Morgan fingerprint density at radius 2 is 1.85 bits per heavy atom. The summed E-state index contributed by atoms with van der Waals surface area (Å²) in [5, 5.41) is 2.95. The lowest BCUT2D eigenvalue weighted by molar-refractivity contribution is -0.121. The van der Waals surface area contributed by atoms with Crippen LogP contribution in [0.4, 0.5) is 0 Å². The zero-order valence-corrected chi connectivity index (χ0v) is 20.6. The van der Waals surface area contributed by atoms with Gasteiger partial charge >= 0.3 is 0 Å². The summed E-state index contributed by atoms with van der Waals surface area (Å²) in [6.07, 6.45) is 4.34. The molecule has 9 heteroatoms. The number of nitrogens with one attached hydrogen (secondary N) is 1. The van der Waals surface area contributed by atoms with E-state index in [1.54, 1.807) is 29.6 Å². The minimum Gasteiger partial charge on any atom is -0.496 e. The lowest BCUT2D eigenvalue weighted by Crippen LogP contribution is -2.35. The summed E-state index contributed by atoms with van der Waals surface area (Å²) in [5.41, 5.74) is 2.53. The number of piperidine rings is 1. The predicted octanol–water partition coefficient (Wildman–Crippen LogP) is 3.05. The van der Waals surface area contributed by atoms with Crippen LogP contribution in [-0.4, -0.2) is 54.9 Å². The van der Waals surface area contributed by atoms with E-state index in [1.165, 1.54) is 0 Å². The number of hydrogen-bond donors (Lipinski definition) is 1. The van der Waals surface area contributed by atoms with Crippen molar-refractivity contribution in [2.24, 2.45) is 7.05 Å². The van der Waals surface area contributed by atoms with Gasteiger partial charge in [-0.05, 0) is 49.1 Å². The Balaban J connectivity index is 1.37. The molecule has 0 spiro atoms. The number of aromatic nitrogens is 2. The summed E-state index contributed by atoms with van der Waals surface area (Å²) in [6, 6.07) is 12.9. The molecular weight excluding hydrogens is 452 g/mol. The van der Waals surface area contributed by atoms with Gasteiger partial charge in [0.25, 0.3) is 0 Å². The number of rotatable bonds is 9. The second-order valence-corrected chi connectivity index (χ2v) is 10.6. The molecule has 34 heavy (non-hydrogen) atoms. The number of para-hydroxylation sites is 1. The number of nitrogens with zero attached hydrogens (tertiary/aromatic N) is 3. The van der Waals surface area contributed by atoms with Gasteiger partial charge in [-0.2, -0.15) is 4.31 Å². The van der Waals surface area contributed by atoms with Gasteiger partial charge in [0.1, 0.15) is 11.6 Å². The van der Waals surface area contributed by atoms with Crippen LogP contribution < -0.4 is 10.1 Å². The van der Waals surface area contributed by atoms with Crippen molar-refractivity contribution in [2.45, 2.75) is 43.4 Å². The number of fused-ring (bicyclic) bond motifs is 1. The quantitative estimate of drug-likeness (QED) is 0.504. The first-order valence-corrected chi connectivity index (χ1v) is 13.2. The molecule has 4 rings (SSSR count). The number of hydrogen-bond acceptors (Lipinski definition) is 5. The molecule has 0 unspecified atom stereocenters. The van der Waals surface area contributed by atoms with E-state index >= 15 is 0 Å². The molecule has 2 aromatic carbocycles. The van der Waals surface area contributed by atoms with Crippen molar-refractivity contribution in [2.75, 3.05) is 26.7 Å². The van der Waals surface area contributed by atoms with Gasteiger partial charge in [0.2, 0.25) is 15.9 Å². The van der Waals surface area contributed by atoms with Gasteiger partial charge in [-0.25, -0.2) is 13.4 Å². The Labute approximate surface area is 201 Å². The summed E-state index contributed by atoms with van der Waals surface area (Å²) in [6.45, 7) is 1.67. The van der Waals surface area contributed by atoms with Crippen LogP contribution in [0, 0.1) is 0 Å². The molecule has 182 valence electrons. The van der Waals surface area contributed by atoms with Crippen molar-refractivity contribution in [3.05, 3.63) is 53.9 Å². The van der Waals surface area contributed by atoms with Crippen LogP contribution in [-0.2, 0) is 34.7 Å². The lowest BCUT2D eigenvalue weighted by atomic mass is 10.1. The number of carbonyl (C=O) groups is 1. The zero-order valence-electron chi connectivity index (χ0n) is 19.8. The van der Waals surface area contributed by atoms with Crippen molar-refractivity contribution in [3.8, 4) is 5.75 Å². The van der Waals surface area contributed by atoms with Gasteiger partial charge in [0, 0.05) is 39.5 Å². The minimum atomic E-state index is -3.51. The average Bonchev–Trinajstić information content (AvgIpc) is 3.18. The van der Waals surface area contributed by atoms with E-state index in [2.05, 4.69) is 10.3 Å². The van der Waals surface area contributed by atoms with Gasteiger partial charge in [-0.1, -0.05) is 24.6 Å². The highest BCUT2D eigenvalue weighted by Crippen LogP contribution is 2.25. The molecule has 1 saturated heterocycles. The number of imidazole rings is 1. The summed E-state index contributed by atoms with van der Waals surface area (Å²) >= 11 is 0. The second kappa shape index (κ2) is 10.6. The molecule has 2 heterocycles. The Morgan fingerprint density at radius 1 is 1.09 bits per heavy atom. The van der Waals surface area contributed by atoms with E-state index < -0.39 is 10.0 Å². The standard InChI is InChI=1S/C25H32N4O4S/c1-28-22-11-10-20(34(31,32)29-16-6-3-7-17-29)18-21(22)27-24(28)12-13-25(30)26-15-14-19-8-4-5-9-23(19)33-2/h4-5,8-11,18H,3,6-7,12-17H2,1-2H3,(H,26,30). The largest absolute Gasteiger partial charge is 0.496 e. The van der Waals surface area contributed by atoms with Crippen molar-refractivity contribution in [3.63, 3.8) is 0 Å². The number of amides is 1. The maximum absolute atomic E-state index is 13.0. The Kier molecular flexibility index (Phi) is 7.53. The highest BCUT2D eigenvalue weighted by molar-refractivity contribution is 7.89. The molecule has 3 aromatic rings. The molecule has 0 atom stereocenters. The summed E-state index contributed by atoms with van der Waals surface area (Å²) in [7, 11) is 0.0210. The van der Waals surface area contributed by atoms with Crippen molar-refractivity contribution < 1.29 is 17.9 Å². The van der Waals surface area contributed by atoms with E-state index in [-0.39, 0.29) is 10.8 Å². The van der Waals surface area contributed by atoms with Crippen molar-refractivity contribution in [1.82, 2.24) is 19.2 Å². The second-order valence-electron chi connectivity index (χ2n) is 8.61. The normalized spacial score (nSPS) is 14.9. The molecule has 8 nitrogen and oxygen atoms in total. The predicted molar refractivity (Wildman–Crippen MR) is 131 cm³/mol. The smallest absolute Gasteiger partial charge is 0.243 e. The Bertz CT molecular complexity index is 1260. The molecule has 1 N–H and O–H groups in total. The molecule has 1 aliphatic rings. The van der Waals surface area contributed by atoms with Crippen molar-refractivity contribution >= 4 is 27.0 Å². The first-order chi connectivity index (χ1) is 16.4. The monoisotopic (exact) mass is 484 g/mol. The maximum Gasteiger partial charge on any atom is 0.243 e. The molecule has 0 bridgehead atoms. The van der Waals surface area contributed by atoms with Crippen LogP contribution in [0.25, 0.3) is 11.0 Å². The Morgan fingerprint density at radius 3 is 2.62 bits per heavy atom. The fourth-order valence-electron chi connectivity index (χ4n) is 4.43. The molecule has 0 aliphatic carbocycles. The fraction of sp³-hybridized carbons (Fsp3) is 0.440.